The molecule has 34 heavy (non-hydrogen) atoms. The van der Waals surface area contributed by atoms with Crippen molar-refractivity contribution in [3.05, 3.63) is 42.0 Å². The predicted octanol–water partition coefficient (Wildman–Crippen LogP) is 3.69. The highest BCUT2D eigenvalue weighted by atomic mass is 32.2. The van der Waals surface area contributed by atoms with Crippen LogP contribution in [0.5, 0.6) is 0 Å². The van der Waals surface area contributed by atoms with Gasteiger partial charge in [0.2, 0.25) is 0 Å². The van der Waals surface area contributed by atoms with Crippen molar-refractivity contribution in [3.8, 4) is 0 Å². The predicted molar refractivity (Wildman–Crippen MR) is 130 cm³/mol. The number of aryl methyl sites for hydroxylation is 1. The Hall–Kier alpha value is -2.88. The summed E-state index contributed by atoms with van der Waals surface area (Å²) >= 11 is 0. The molecule has 2 aliphatic heterocycles. The molecule has 0 saturated carbocycles. The molecule has 4 heterocycles. The maximum absolute atomic E-state index is 12.6. The minimum absolute atomic E-state index is 0.0202. The second-order valence-corrected chi connectivity index (χ2v) is 11.8. The van der Waals surface area contributed by atoms with Crippen LogP contribution < -0.4 is 4.90 Å². The third-order valence-corrected chi connectivity index (χ3v) is 8.92. The lowest BCUT2D eigenvalue weighted by molar-refractivity contribution is 0.175. The summed E-state index contributed by atoms with van der Waals surface area (Å²) in [5.41, 5.74) is 3.63. The van der Waals surface area contributed by atoms with Gasteiger partial charge in [-0.2, -0.15) is 5.10 Å². The van der Waals surface area contributed by atoms with Gasteiger partial charge in [-0.25, -0.2) is 18.2 Å². The summed E-state index contributed by atoms with van der Waals surface area (Å²) in [5.74, 6) is 1.26. The van der Waals surface area contributed by atoms with E-state index in [4.69, 9.17) is 9.72 Å². The molecule has 2 aliphatic rings. The van der Waals surface area contributed by atoms with Crippen LogP contribution in [0.15, 0.2) is 30.6 Å². The molecule has 3 aromatic rings. The van der Waals surface area contributed by atoms with E-state index in [1.807, 2.05) is 36.0 Å². The van der Waals surface area contributed by atoms with Crippen LogP contribution in [-0.2, 0) is 27.5 Å². The molecule has 0 bridgehead atoms. The van der Waals surface area contributed by atoms with Gasteiger partial charge in [0.05, 0.1) is 41.9 Å². The number of carbonyl (C=O) groups is 1. The Kier molecular flexibility index (Phi) is 5.87. The molecule has 0 aliphatic carbocycles. The number of hydrogen-bond acceptors (Lipinski definition) is 6. The van der Waals surface area contributed by atoms with Crippen LogP contribution >= 0.6 is 0 Å². The molecule has 0 spiro atoms. The number of anilines is 1. The summed E-state index contributed by atoms with van der Waals surface area (Å²) in [5, 5.41) is 4.34. The first-order valence-corrected chi connectivity index (χ1v) is 13.7. The average molecular weight is 486 g/mol. The smallest absolute Gasteiger partial charge is 0.414 e. The summed E-state index contributed by atoms with van der Waals surface area (Å²) in [6.07, 6.45) is 6.36. The Morgan fingerprint density at radius 2 is 2.12 bits per heavy atom. The average Bonchev–Trinajstić information content (AvgIpc) is 3.45. The van der Waals surface area contributed by atoms with E-state index in [9.17, 15) is 13.2 Å². The van der Waals surface area contributed by atoms with E-state index in [2.05, 4.69) is 16.6 Å². The van der Waals surface area contributed by atoms with Gasteiger partial charge in [0, 0.05) is 36.0 Å². The Morgan fingerprint density at radius 1 is 1.29 bits per heavy atom. The molecular weight excluding hydrogens is 454 g/mol. The van der Waals surface area contributed by atoms with E-state index >= 15 is 0 Å². The number of amides is 1. The molecule has 1 aromatic carbocycles. The summed E-state index contributed by atoms with van der Waals surface area (Å²) in [6, 6.07) is 5.71. The van der Waals surface area contributed by atoms with Gasteiger partial charge in [-0.15, -0.1) is 0 Å². The van der Waals surface area contributed by atoms with E-state index in [1.54, 1.807) is 11.1 Å². The highest BCUT2D eigenvalue weighted by Crippen LogP contribution is 2.39. The number of nitrogens with zero attached hydrogens (tertiary/aromatic N) is 5. The Labute approximate surface area is 199 Å². The van der Waals surface area contributed by atoms with Gasteiger partial charge in [0.25, 0.3) is 0 Å². The van der Waals surface area contributed by atoms with Crippen molar-refractivity contribution in [1.82, 2.24) is 19.3 Å². The summed E-state index contributed by atoms with van der Waals surface area (Å²) < 4.78 is 34.2. The molecule has 5 rings (SSSR count). The number of sulfone groups is 1. The van der Waals surface area contributed by atoms with Gasteiger partial charge in [0.15, 0.2) is 9.84 Å². The fraction of sp³-hybridized carbons (Fsp3) is 0.542. The minimum atomic E-state index is -3.10. The summed E-state index contributed by atoms with van der Waals surface area (Å²) in [6.45, 7) is 4.77. The SMILES string of the molecule is COC(=O)N1c2ccc3c(nc([C@H](C)Cn4cccn4)n3[C@@H]3CCCS(=O)(=O)C3)c2CC[C@@H]1C. The van der Waals surface area contributed by atoms with Gasteiger partial charge < -0.3 is 9.30 Å². The summed E-state index contributed by atoms with van der Waals surface area (Å²) in [4.78, 5) is 19.4. The zero-order valence-corrected chi connectivity index (χ0v) is 20.7. The highest BCUT2D eigenvalue weighted by Gasteiger charge is 2.34. The van der Waals surface area contributed by atoms with Gasteiger partial charge in [-0.3, -0.25) is 9.58 Å². The molecule has 182 valence electrons. The number of ether oxygens (including phenoxy) is 1. The van der Waals surface area contributed by atoms with E-state index in [1.165, 1.54) is 7.11 Å². The molecule has 3 atom stereocenters. The van der Waals surface area contributed by atoms with E-state index in [0.717, 1.165) is 47.4 Å². The van der Waals surface area contributed by atoms with E-state index in [0.29, 0.717) is 13.0 Å². The lowest BCUT2D eigenvalue weighted by Gasteiger charge is -2.34. The van der Waals surface area contributed by atoms with Crippen LogP contribution in [0, 0.1) is 0 Å². The number of carbonyl (C=O) groups excluding carboxylic acids is 1. The number of hydrogen-bond donors (Lipinski definition) is 0. The Morgan fingerprint density at radius 3 is 2.82 bits per heavy atom. The number of benzene rings is 1. The van der Waals surface area contributed by atoms with Crippen LogP contribution in [0.1, 0.15) is 56.5 Å². The van der Waals surface area contributed by atoms with Crippen molar-refractivity contribution in [2.24, 2.45) is 0 Å². The van der Waals surface area contributed by atoms with E-state index in [-0.39, 0.29) is 35.6 Å². The molecule has 10 heteroatoms. The first-order chi connectivity index (χ1) is 16.3. The van der Waals surface area contributed by atoms with Crippen molar-refractivity contribution in [3.63, 3.8) is 0 Å². The largest absolute Gasteiger partial charge is 0.452 e. The molecule has 1 saturated heterocycles. The molecule has 9 nitrogen and oxygen atoms in total. The molecule has 0 radical (unpaired) electrons. The standard InChI is InChI=1S/C24H31N5O4S/c1-16(14-27-12-5-11-25-27)23-26-22-19-8-7-17(2)28(24(30)33-3)20(19)9-10-21(22)29(23)18-6-4-13-34(31,32)15-18/h5,9-12,16-18H,4,6-8,13-15H2,1-3H3/t16-,17+,18-/m1/s1. The number of rotatable bonds is 4. The van der Waals surface area contributed by atoms with Gasteiger partial charge >= 0.3 is 6.09 Å². The lowest BCUT2D eigenvalue weighted by atomic mass is 9.95. The summed E-state index contributed by atoms with van der Waals surface area (Å²) in [7, 11) is -1.70. The fourth-order valence-corrected chi connectivity index (χ4v) is 7.17. The zero-order chi connectivity index (χ0) is 24.0. The second kappa shape index (κ2) is 8.72. The maximum Gasteiger partial charge on any atom is 0.414 e. The topological polar surface area (TPSA) is 99.3 Å². The van der Waals surface area contributed by atoms with Crippen LogP contribution in [0.2, 0.25) is 0 Å². The lowest BCUT2D eigenvalue weighted by Crippen LogP contribution is -2.42. The van der Waals surface area contributed by atoms with Gasteiger partial charge in [-0.1, -0.05) is 6.92 Å². The first-order valence-electron chi connectivity index (χ1n) is 11.9. The van der Waals surface area contributed by atoms with Crippen molar-refractivity contribution in [2.45, 2.75) is 64.1 Å². The Bertz CT molecular complexity index is 1310. The molecular formula is C24H31N5O4S. The number of aromatic nitrogens is 4. The van der Waals surface area contributed by atoms with Crippen LogP contribution in [0.25, 0.3) is 11.0 Å². The molecule has 0 N–H and O–H groups in total. The highest BCUT2D eigenvalue weighted by molar-refractivity contribution is 7.91. The quantitative estimate of drug-likeness (QED) is 0.559. The second-order valence-electron chi connectivity index (χ2n) is 9.54. The third kappa shape index (κ3) is 3.97. The number of fused-ring (bicyclic) bond motifs is 3. The van der Waals surface area contributed by atoms with Crippen LogP contribution in [0.4, 0.5) is 10.5 Å². The van der Waals surface area contributed by atoms with Crippen LogP contribution in [-0.4, -0.2) is 58.5 Å². The van der Waals surface area contributed by atoms with Crippen LogP contribution in [0.3, 0.4) is 0 Å². The minimum Gasteiger partial charge on any atom is -0.452 e. The number of imidazole rings is 1. The molecule has 2 aromatic heterocycles. The maximum atomic E-state index is 12.6. The van der Waals surface area contributed by atoms with Gasteiger partial charge in [0.1, 0.15) is 5.82 Å². The Balaban J connectivity index is 1.67. The van der Waals surface area contributed by atoms with E-state index < -0.39 is 9.84 Å². The first kappa shape index (κ1) is 22.9. The molecule has 1 fully saturated rings. The van der Waals surface area contributed by atoms with Crippen molar-refractivity contribution in [2.75, 3.05) is 23.5 Å². The normalized spacial score (nSPS) is 23.0. The van der Waals surface area contributed by atoms with Crippen molar-refractivity contribution in [1.29, 1.82) is 0 Å². The molecule has 1 amide bonds. The van der Waals surface area contributed by atoms with Crippen molar-refractivity contribution >= 4 is 32.7 Å². The van der Waals surface area contributed by atoms with Crippen molar-refractivity contribution < 1.29 is 17.9 Å². The van der Waals surface area contributed by atoms with Gasteiger partial charge in [-0.05, 0) is 50.8 Å². The fourth-order valence-electron chi connectivity index (χ4n) is 5.50. The monoisotopic (exact) mass is 485 g/mol. The number of methoxy groups -OCH3 is 1. The zero-order valence-electron chi connectivity index (χ0n) is 19.8. The third-order valence-electron chi connectivity index (χ3n) is 7.12. The molecule has 0 unspecified atom stereocenters.